The Kier molecular flexibility index (Phi) is 3.89. The molecule has 0 bridgehead atoms. The zero-order valence-corrected chi connectivity index (χ0v) is 8.78. The molecular formula is C10H18O4. The van der Waals surface area contributed by atoms with Gasteiger partial charge in [0, 0.05) is 7.11 Å². The molecule has 1 N–H and O–H groups in total. The van der Waals surface area contributed by atoms with E-state index in [1.807, 2.05) is 0 Å². The monoisotopic (exact) mass is 202 g/mol. The summed E-state index contributed by atoms with van der Waals surface area (Å²) in [7, 11) is 1.49. The SMILES string of the molecule is COCC(C)(OC1CCCC1)C(=O)O. The van der Waals surface area contributed by atoms with E-state index in [0.29, 0.717) is 0 Å². The number of methoxy groups -OCH3 is 1. The van der Waals surface area contributed by atoms with Gasteiger partial charge >= 0.3 is 5.97 Å². The van der Waals surface area contributed by atoms with Crippen molar-refractivity contribution in [2.75, 3.05) is 13.7 Å². The molecule has 0 amide bonds. The molecule has 4 nitrogen and oxygen atoms in total. The fourth-order valence-corrected chi connectivity index (χ4v) is 1.80. The average Bonchev–Trinajstić information content (AvgIpc) is 2.56. The highest BCUT2D eigenvalue weighted by molar-refractivity contribution is 5.77. The molecule has 1 atom stereocenters. The Balaban J connectivity index is 2.53. The molecule has 0 saturated heterocycles. The number of hydrogen-bond donors (Lipinski definition) is 1. The molecule has 0 radical (unpaired) electrons. The molecule has 4 heteroatoms. The number of rotatable bonds is 5. The lowest BCUT2D eigenvalue weighted by Gasteiger charge is -2.27. The second-order valence-corrected chi connectivity index (χ2v) is 3.99. The van der Waals surface area contributed by atoms with Crippen LogP contribution in [-0.4, -0.2) is 36.5 Å². The molecular weight excluding hydrogens is 184 g/mol. The Morgan fingerprint density at radius 1 is 1.50 bits per heavy atom. The number of carboxylic acids is 1. The van der Waals surface area contributed by atoms with Crippen LogP contribution in [0, 0.1) is 0 Å². The fraction of sp³-hybridized carbons (Fsp3) is 0.900. The second-order valence-electron chi connectivity index (χ2n) is 3.99. The Morgan fingerprint density at radius 3 is 2.50 bits per heavy atom. The van der Waals surface area contributed by atoms with Gasteiger partial charge in [0.25, 0.3) is 0 Å². The molecule has 1 aliphatic carbocycles. The third kappa shape index (κ3) is 2.69. The Labute approximate surface area is 84.2 Å². The Hall–Kier alpha value is -0.610. The van der Waals surface area contributed by atoms with E-state index >= 15 is 0 Å². The van der Waals surface area contributed by atoms with Crippen molar-refractivity contribution in [3.05, 3.63) is 0 Å². The normalized spacial score (nSPS) is 22.1. The third-order valence-corrected chi connectivity index (χ3v) is 2.60. The van der Waals surface area contributed by atoms with E-state index in [2.05, 4.69) is 0 Å². The van der Waals surface area contributed by atoms with Crippen molar-refractivity contribution < 1.29 is 19.4 Å². The largest absolute Gasteiger partial charge is 0.479 e. The first kappa shape index (κ1) is 11.5. The van der Waals surface area contributed by atoms with Gasteiger partial charge in [0.05, 0.1) is 12.7 Å². The number of carbonyl (C=O) groups is 1. The standard InChI is InChI=1S/C10H18O4/c1-10(7-13-2,9(11)12)14-8-5-3-4-6-8/h8H,3-7H2,1-2H3,(H,11,12). The molecule has 1 unspecified atom stereocenters. The van der Waals surface area contributed by atoms with Crippen LogP contribution in [-0.2, 0) is 14.3 Å². The molecule has 14 heavy (non-hydrogen) atoms. The minimum Gasteiger partial charge on any atom is -0.479 e. The van der Waals surface area contributed by atoms with Gasteiger partial charge in [0.1, 0.15) is 0 Å². The van der Waals surface area contributed by atoms with E-state index in [9.17, 15) is 4.79 Å². The highest BCUT2D eigenvalue weighted by Gasteiger charge is 2.37. The second kappa shape index (κ2) is 4.75. The maximum atomic E-state index is 11.0. The predicted octanol–water partition coefficient (Wildman–Crippen LogP) is 1.44. The third-order valence-electron chi connectivity index (χ3n) is 2.60. The van der Waals surface area contributed by atoms with Crippen molar-refractivity contribution in [3.8, 4) is 0 Å². The molecule has 0 heterocycles. The van der Waals surface area contributed by atoms with Crippen LogP contribution in [0.4, 0.5) is 0 Å². The van der Waals surface area contributed by atoms with Crippen molar-refractivity contribution >= 4 is 5.97 Å². The summed E-state index contributed by atoms with van der Waals surface area (Å²) in [5.74, 6) is -0.953. The molecule has 0 aromatic heterocycles. The van der Waals surface area contributed by atoms with Crippen LogP contribution in [0.5, 0.6) is 0 Å². The molecule has 82 valence electrons. The Bertz CT molecular complexity index is 198. The van der Waals surface area contributed by atoms with Crippen LogP contribution in [0.2, 0.25) is 0 Å². The first-order chi connectivity index (χ1) is 6.58. The number of carboxylic acid groups (broad SMARTS) is 1. The Morgan fingerprint density at radius 2 is 2.07 bits per heavy atom. The minimum absolute atomic E-state index is 0.0891. The molecule has 0 spiro atoms. The zero-order chi connectivity index (χ0) is 10.6. The van der Waals surface area contributed by atoms with Crippen LogP contribution >= 0.6 is 0 Å². The van der Waals surface area contributed by atoms with E-state index in [1.165, 1.54) is 7.11 Å². The topological polar surface area (TPSA) is 55.8 Å². The zero-order valence-electron chi connectivity index (χ0n) is 8.78. The minimum atomic E-state index is -1.19. The molecule has 0 aliphatic heterocycles. The van der Waals surface area contributed by atoms with Crippen LogP contribution in [0.3, 0.4) is 0 Å². The lowest BCUT2D eigenvalue weighted by atomic mass is 10.1. The van der Waals surface area contributed by atoms with E-state index < -0.39 is 11.6 Å². The lowest BCUT2D eigenvalue weighted by Crippen LogP contribution is -2.45. The highest BCUT2D eigenvalue weighted by Crippen LogP contribution is 2.26. The van der Waals surface area contributed by atoms with Crippen molar-refractivity contribution in [3.63, 3.8) is 0 Å². The van der Waals surface area contributed by atoms with E-state index in [0.717, 1.165) is 25.7 Å². The van der Waals surface area contributed by atoms with Crippen molar-refractivity contribution in [2.24, 2.45) is 0 Å². The summed E-state index contributed by atoms with van der Waals surface area (Å²) in [4.78, 5) is 11.0. The van der Waals surface area contributed by atoms with Gasteiger partial charge in [-0.05, 0) is 19.8 Å². The van der Waals surface area contributed by atoms with Gasteiger partial charge in [-0.25, -0.2) is 4.79 Å². The number of aliphatic carboxylic acids is 1. The smallest absolute Gasteiger partial charge is 0.338 e. The average molecular weight is 202 g/mol. The van der Waals surface area contributed by atoms with Crippen LogP contribution in [0.1, 0.15) is 32.6 Å². The van der Waals surface area contributed by atoms with E-state index in [-0.39, 0.29) is 12.7 Å². The molecule has 1 fully saturated rings. The summed E-state index contributed by atoms with van der Waals surface area (Å²) in [5.41, 5.74) is -1.19. The first-order valence-electron chi connectivity index (χ1n) is 4.98. The van der Waals surface area contributed by atoms with Gasteiger partial charge in [0.2, 0.25) is 0 Å². The van der Waals surface area contributed by atoms with Crippen molar-refractivity contribution in [1.29, 1.82) is 0 Å². The molecule has 1 aliphatic rings. The van der Waals surface area contributed by atoms with Gasteiger partial charge in [-0.2, -0.15) is 0 Å². The summed E-state index contributed by atoms with van der Waals surface area (Å²) in [6.07, 6.45) is 4.28. The first-order valence-corrected chi connectivity index (χ1v) is 4.98. The number of ether oxygens (including phenoxy) is 2. The molecule has 0 aromatic carbocycles. The summed E-state index contributed by atoms with van der Waals surface area (Å²) < 4.78 is 10.4. The van der Waals surface area contributed by atoms with Gasteiger partial charge in [-0.1, -0.05) is 12.8 Å². The maximum absolute atomic E-state index is 11.0. The highest BCUT2D eigenvalue weighted by atomic mass is 16.6. The maximum Gasteiger partial charge on any atom is 0.338 e. The van der Waals surface area contributed by atoms with Gasteiger partial charge in [-0.15, -0.1) is 0 Å². The quantitative estimate of drug-likeness (QED) is 0.732. The van der Waals surface area contributed by atoms with Crippen LogP contribution in [0.15, 0.2) is 0 Å². The predicted molar refractivity (Wildman–Crippen MR) is 51.3 cm³/mol. The van der Waals surface area contributed by atoms with Gasteiger partial charge < -0.3 is 14.6 Å². The molecule has 1 saturated carbocycles. The summed E-state index contributed by atoms with van der Waals surface area (Å²) in [5, 5.41) is 9.02. The summed E-state index contributed by atoms with van der Waals surface area (Å²) in [6, 6.07) is 0. The van der Waals surface area contributed by atoms with Crippen molar-refractivity contribution in [2.45, 2.75) is 44.3 Å². The summed E-state index contributed by atoms with van der Waals surface area (Å²) in [6.45, 7) is 1.66. The number of hydrogen-bond acceptors (Lipinski definition) is 3. The fourth-order valence-electron chi connectivity index (χ4n) is 1.80. The molecule has 0 aromatic rings. The van der Waals surface area contributed by atoms with Crippen LogP contribution in [0.25, 0.3) is 0 Å². The van der Waals surface area contributed by atoms with Crippen molar-refractivity contribution in [1.82, 2.24) is 0 Å². The lowest BCUT2D eigenvalue weighted by molar-refractivity contribution is -0.178. The van der Waals surface area contributed by atoms with Gasteiger partial charge in [0.15, 0.2) is 5.60 Å². The van der Waals surface area contributed by atoms with E-state index in [4.69, 9.17) is 14.6 Å². The van der Waals surface area contributed by atoms with Crippen LogP contribution < -0.4 is 0 Å². The van der Waals surface area contributed by atoms with Gasteiger partial charge in [-0.3, -0.25) is 0 Å². The summed E-state index contributed by atoms with van der Waals surface area (Å²) >= 11 is 0. The molecule has 1 rings (SSSR count). The van der Waals surface area contributed by atoms with E-state index in [1.54, 1.807) is 6.92 Å².